The van der Waals surface area contributed by atoms with Crippen LogP contribution in [0.15, 0.2) is 24.4 Å². The topological polar surface area (TPSA) is 101 Å². The highest BCUT2D eigenvalue weighted by atomic mass is 16.6. The molecule has 118 valence electrons. The molecule has 1 aliphatic carbocycles. The molecule has 1 aliphatic heterocycles. The first-order valence-corrected chi connectivity index (χ1v) is 7.56. The van der Waals surface area contributed by atoms with E-state index in [1.807, 2.05) is 24.4 Å². The molecule has 23 heavy (non-hydrogen) atoms. The van der Waals surface area contributed by atoms with Gasteiger partial charge in [0.15, 0.2) is 6.10 Å². The van der Waals surface area contributed by atoms with E-state index in [4.69, 9.17) is 10.5 Å². The van der Waals surface area contributed by atoms with Crippen LogP contribution in [0.2, 0.25) is 0 Å². The Balaban J connectivity index is 1.70. The van der Waals surface area contributed by atoms with Crippen molar-refractivity contribution in [1.82, 2.24) is 10.2 Å². The zero-order valence-electron chi connectivity index (χ0n) is 12.4. The van der Waals surface area contributed by atoms with Crippen LogP contribution < -0.4 is 10.6 Å². The molecule has 1 unspecified atom stereocenters. The van der Waals surface area contributed by atoms with Crippen LogP contribution in [0, 0.1) is 0 Å². The Morgan fingerprint density at radius 2 is 2.17 bits per heavy atom. The van der Waals surface area contributed by atoms with Crippen LogP contribution in [-0.4, -0.2) is 34.8 Å². The molecule has 0 radical (unpaired) electrons. The molecule has 2 aromatic rings. The van der Waals surface area contributed by atoms with Crippen LogP contribution >= 0.6 is 0 Å². The van der Waals surface area contributed by atoms with E-state index in [9.17, 15) is 9.59 Å². The number of benzene rings is 1. The van der Waals surface area contributed by atoms with Crippen molar-refractivity contribution < 1.29 is 14.3 Å². The molecule has 2 amide bonds. The van der Waals surface area contributed by atoms with E-state index in [1.54, 1.807) is 0 Å². The number of aromatic amines is 1. The Labute approximate surface area is 132 Å². The molecule has 2 aliphatic rings. The van der Waals surface area contributed by atoms with Gasteiger partial charge < -0.3 is 10.5 Å². The zero-order chi connectivity index (χ0) is 16.0. The fourth-order valence-corrected chi connectivity index (χ4v) is 3.22. The number of rotatable bonds is 2. The number of H-pyrrole nitrogens is 1. The summed E-state index contributed by atoms with van der Waals surface area (Å²) in [5, 5.41) is 7.18. The molecular formula is C16H16N4O3. The Bertz CT molecular complexity index is 798. The number of nitrogens with zero attached hydrogens (tertiary/aromatic N) is 2. The third-order valence-electron chi connectivity index (χ3n) is 4.41. The molecule has 3 N–H and O–H groups in total. The smallest absolute Gasteiger partial charge is 0.415 e. The maximum atomic E-state index is 12.0. The van der Waals surface area contributed by atoms with Crippen LogP contribution in [0.25, 0.3) is 11.3 Å². The number of aromatic nitrogens is 2. The molecule has 0 bridgehead atoms. The first-order chi connectivity index (χ1) is 11.1. The van der Waals surface area contributed by atoms with Gasteiger partial charge in [-0.2, -0.15) is 5.10 Å². The summed E-state index contributed by atoms with van der Waals surface area (Å²) >= 11 is 0. The number of ether oxygens (including phenoxy) is 1. The van der Waals surface area contributed by atoms with Gasteiger partial charge in [0.2, 0.25) is 0 Å². The summed E-state index contributed by atoms with van der Waals surface area (Å²) in [6.45, 7) is 0.155. The number of primary amides is 1. The lowest BCUT2D eigenvalue weighted by Crippen LogP contribution is -2.32. The van der Waals surface area contributed by atoms with Crippen molar-refractivity contribution in [2.45, 2.75) is 25.4 Å². The monoisotopic (exact) mass is 312 g/mol. The molecule has 7 heteroatoms. The van der Waals surface area contributed by atoms with E-state index in [0.717, 1.165) is 41.8 Å². The van der Waals surface area contributed by atoms with Crippen LogP contribution in [0.5, 0.6) is 0 Å². The summed E-state index contributed by atoms with van der Waals surface area (Å²) in [6.07, 6.45) is 3.37. The number of nitrogens with two attached hydrogens (primary N) is 1. The number of nitrogens with one attached hydrogen (secondary N) is 1. The minimum atomic E-state index is -0.888. The standard InChI is InChI=1S/C16H16N4O3/c17-15(21)13-8-20(16(22)23-13)11-4-5-12-9(6-11)2-1-3-10-7-18-19-14(10)12/h4-7,13H,1-3,8H2,(H2,17,21)(H,18,19). The number of fused-ring (bicyclic) bond motifs is 3. The van der Waals surface area contributed by atoms with Crippen molar-refractivity contribution in [3.05, 3.63) is 35.5 Å². The van der Waals surface area contributed by atoms with Crippen LogP contribution in [0.1, 0.15) is 17.5 Å². The lowest BCUT2D eigenvalue weighted by atomic mass is 10.0. The van der Waals surface area contributed by atoms with Crippen LogP contribution in [0.4, 0.5) is 10.5 Å². The van der Waals surface area contributed by atoms with Gasteiger partial charge in [-0.1, -0.05) is 6.07 Å². The zero-order valence-corrected chi connectivity index (χ0v) is 12.4. The summed E-state index contributed by atoms with van der Waals surface area (Å²) in [5.41, 5.74) is 10.5. The highest BCUT2D eigenvalue weighted by Gasteiger charge is 2.36. The van der Waals surface area contributed by atoms with Crippen LogP contribution in [-0.2, 0) is 22.4 Å². The largest absolute Gasteiger partial charge is 0.434 e. The summed E-state index contributed by atoms with van der Waals surface area (Å²) in [5.74, 6) is -0.627. The molecule has 1 saturated heterocycles. The SMILES string of the molecule is NC(=O)C1CN(c2ccc3c(c2)CCCc2cn[nH]c2-3)C(=O)O1. The summed E-state index contributed by atoms with van der Waals surface area (Å²) in [4.78, 5) is 24.6. The van der Waals surface area contributed by atoms with Crippen molar-refractivity contribution in [3.8, 4) is 11.3 Å². The number of hydrogen-bond donors (Lipinski definition) is 2. The number of anilines is 1. The second kappa shape index (κ2) is 5.12. The first kappa shape index (κ1) is 13.8. The molecular weight excluding hydrogens is 296 g/mol. The maximum Gasteiger partial charge on any atom is 0.415 e. The molecule has 0 saturated carbocycles. The second-order valence-electron chi connectivity index (χ2n) is 5.85. The summed E-state index contributed by atoms with van der Waals surface area (Å²) in [7, 11) is 0. The molecule has 0 spiro atoms. The van der Waals surface area contributed by atoms with E-state index in [0.29, 0.717) is 0 Å². The lowest BCUT2D eigenvalue weighted by molar-refractivity contribution is -0.124. The number of aryl methyl sites for hydroxylation is 2. The highest BCUT2D eigenvalue weighted by Crippen LogP contribution is 2.34. The van der Waals surface area contributed by atoms with Crippen LogP contribution in [0.3, 0.4) is 0 Å². The fourth-order valence-electron chi connectivity index (χ4n) is 3.22. The number of amides is 2. The third-order valence-corrected chi connectivity index (χ3v) is 4.41. The predicted molar refractivity (Wildman–Crippen MR) is 82.9 cm³/mol. The molecule has 1 atom stereocenters. The first-order valence-electron chi connectivity index (χ1n) is 7.56. The number of hydrogen-bond acceptors (Lipinski definition) is 4. The van der Waals surface area contributed by atoms with E-state index < -0.39 is 18.1 Å². The number of carbonyl (C=O) groups excluding carboxylic acids is 2. The highest BCUT2D eigenvalue weighted by molar-refractivity contribution is 5.95. The quantitative estimate of drug-likeness (QED) is 0.874. The number of cyclic esters (lactones) is 1. The van der Waals surface area contributed by atoms with E-state index in [-0.39, 0.29) is 6.54 Å². The lowest BCUT2D eigenvalue weighted by Gasteiger charge is -2.15. The molecule has 1 fully saturated rings. The predicted octanol–water partition coefficient (Wildman–Crippen LogP) is 1.38. The van der Waals surface area contributed by atoms with Crippen molar-refractivity contribution in [2.24, 2.45) is 5.73 Å². The Morgan fingerprint density at radius 1 is 1.35 bits per heavy atom. The normalized spacial score (nSPS) is 19.7. The average Bonchev–Trinajstić information content (AvgIpc) is 3.10. The van der Waals surface area contributed by atoms with Gasteiger partial charge in [0, 0.05) is 11.3 Å². The molecule has 7 nitrogen and oxygen atoms in total. The average molecular weight is 312 g/mol. The molecule has 2 heterocycles. The molecule has 1 aromatic carbocycles. The Kier molecular flexibility index (Phi) is 3.07. The molecule has 4 rings (SSSR count). The third kappa shape index (κ3) is 2.25. The number of carbonyl (C=O) groups is 2. The Hall–Kier alpha value is -2.83. The molecule has 1 aromatic heterocycles. The van der Waals surface area contributed by atoms with Gasteiger partial charge in [0.1, 0.15) is 0 Å². The minimum absolute atomic E-state index is 0.155. The van der Waals surface area contributed by atoms with Crippen molar-refractivity contribution in [3.63, 3.8) is 0 Å². The summed E-state index contributed by atoms with van der Waals surface area (Å²) < 4.78 is 5.00. The summed E-state index contributed by atoms with van der Waals surface area (Å²) in [6, 6.07) is 5.83. The Morgan fingerprint density at radius 3 is 2.96 bits per heavy atom. The van der Waals surface area contributed by atoms with Gasteiger partial charge in [-0.15, -0.1) is 0 Å². The fraction of sp³-hybridized carbons (Fsp3) is 0.312. The van der Waals surface area contributed by atoms with Gasteiger partial charge in [0.25, 0.3) is 5.91 Å². The minimum Gasteiger partial charge on any atom is -0.434 e. The van der Waals surface area contributed by atoms with Crippen molar-refractivity contribution >= 4 is 17.7 Å². The van der Waals surface area contributed by atoms with Gasteiger partial charge >= 0.3 is 6.09 Å². The van der Waals surface area contributed by atoms with Crippen molar-refractivity contribution in [1.29, 1.82) is 0 Å². The van der Waals surface area contributed by atoms with Gasteiger partial charge in [-0.05, 0) is 42.5 Å². The van der Waals surface area contributed by atoms with Crippen molar-refractivity contribution in [2.75, 3.05) is 11.4 Å². The van der Waals surface area contributed by atoms with E-state index in [1.165, 1.54) is 10.5 Å². The van der Waals surface area contributed by atoms with E-state index >= 15 is 0 Å². The van der Waals surface area contributed by atoms with Gasteiger partial charge in [-0.3, -0.25) is 14.8 Å². The maximum absolute atomic E-state index is 12.0. The second-order valence-corrected chi connectivity index (χ2v) is 5.85. The van der Waals surface area contributed by atoms with Gasteiger partial charge in [0.05, 0.1) is 18.4 Å². The van der Waals surface area contributed by atoms with Gasteiger partial charge in [-0.25, -0.2) is 4.79 Å². The van der Waals surface area contributed by atoms with E-state index in [2.05, 4.69) is 10.2 Å².